The molecule has 0 N–H and O–H groups in total. The fourth-order valence-corrected chi connectivity index (χ4v) is 5.75. The predicted molar refractivity (Wildman–Crippen MR) is 109 cm³/mol. The highest BCUT2D eigenvalue weighted by Crippen LogP contribution is 2.39. The number of piperidine rings is 1. The first-order valence-electron chi connectivity index (χ1n) is 9.81. The highest BCUT2D eigenvalue weighted by molar-refractivity contribution is 7.92. The fourth-order valence-electron chi connectivity index (χ4n) is 3.97. The van der Waals surface area contributed by atoms with E-state index in [9.17, 15) is 21.6 Å². The van der Waals surface area contributed by atoms with E-state index in [1.54, 1.807) is 13.8 Å². The zero-order chi connectivity index (χ0) is 22.3. The third kappa shape index (κ3) is 4.31. The summed E-state index contributed by atoms with van der Waals surface area (Å²) in [6.07, 6.45) is -3.24. The van der Waals surface area contributed by atoms with Crippen molar-refractivity contribution in [2.24, 2.45) is 5.92 Å². The molecule has 0 atom stereocenters. The summed E-state index contributed by atoms with van der Waals surface area (Å²) in [7, 11) is -3.81. The molecule has 2 aromatic rings. The molecule has 164 valence electrons. The number of sulfone groups is 1. The van der Waals surface area contributed by atoms with E-state index in [-0.39, 0.29) is 10.8 Å². The van der Waals surface area contributed by atoms with Crippen LogP contribution in [-0.4, -0.2) is 36.2 Å². The number of alkyl halides is 3. The number of rotatable bonds is 4. The van der Waals surface area contributed by atoms with Crippen molar-refractivity contribution in [3.63, 3.8) is 0 Å². The van der Waals surface area contributed by atoms with Gasteiger partial charge in [0.25, 0.3) is 0 Å². The van der Waals surface area contributed by atoms with Crippen LogP contribution in [0.25, 0.3) is 0 Å². The Morgan fingerprint density at radius 2 is 1.47 bits per heavy atom. The van der Waals surface area contributed by atoms with Crippen LogP contribution in [0.3, 0.4) is 0 Å². The number of halogens is 3. The molecular weight excluding hydrogens is 415 g/mol. The molecule has 5 nitrogen and oxygen atoms in total. The molecule has 1 aliphatic heterocycles. The first-order valence-corrected chi connectivity index (χ1v) is 11.3. The Morgan fingerprint density at radius 3 is 1.93 bits per heavy atom. The van der Waals surface area contributed by atoms with Crippen molar-refractivity contribution in [2.45, 2.75) is 56.4 Å². The highest BCUT2D eigenvalue weighted by atomic mass is 32.2. The second-order valence-corrected chi connectivity index (χ2v) is 10.9. The van der Waals surface area contributed by atoms with Gasteiger partial charge in [0.05, 0.1) is 15.2 Å². The molecule has 3 rings (SSSR count). The molecule has 0 unspecified atom stereocenters. The van der Waals surface area contributed by atoms with Crippen LogP contribution in [0, 0.1) is 19.8 Å². The number of aryl methyl sites for hydroxylation is 2. The molecule has 0 aliphatic carbocycles. The normalized spacial score (nSPS) is 16.7. The molecule has 0 radical (unpaired) electrons. The van der Waals surface area contributed by atoms with Gasteiger partial charge in [-0.15, -0.1) is 0 Å². The Hall–Kier alpha value is -2.16. The molecule has 0 amide bonds. The number of aromatic nitrogens is 2. The van der Waals surface area contributed by atoms with Crippen molar-refractivity contribution < 1.29 is 21.6 Å². The molecule has 0 saturated carbocycles. The highest BCUT2D eigenvalue weighted by Gasteiger charge is 2.44. The van der Waals surface area contributed by atoms with Crippen molar-refractivity contribution in [1.29, 1.82) is 0 Å². The summed E-state index contributed by atoms with van der Waals surface area (Å²) < 4.78 is 63.8. The van der Waals surface area contributed by atoms with Crippen molar-refractivity contribution in [3.05, 3.63) is 47.3 Å². The van der Waals surface area contributed by atoms with Crippen LogP contribution in [-0.2, 0) is 16.0 Å². The quantitative estimate of drug-likeness (QED) is 0.695. The topological polar surface area (TPSA) is 63.2 Å². The zero-order valence-electron chi connectivity index (χ0n) is 17.5. The van der Waals surface area contributed by atoms with Crippen LogP contribution in [0.1, 0.15) is 43.6 Å². The standard InChI is InChI=1S/C21H26F3N3O2S/c1-14-13-15(2)26-19(25-14)27-11-9-16(10-12-27)20(3,4)30(28,29)18-7-5-17(6-8-18)21(22,23)24/h5-8,13,16H,9-12H2,1-4H3. The molecule has 0 spiro atoms. The summed E-state index contributed by atoms with van der Waals surface area (Å²) in [5.74, 6) is 0.515. The molecule has 1 saturated heterocycles. The first kappa shape index (κ1) is 22.5. The maximum Gasteiger partial charge on any atom is 0.416 e. The van der Waals surface area contributed by atoms with Gasteiger partial charge in [-0.3, -0.25) is 0 Å². The average molecular weight is 442 g/mol. The molecule has 0 bridgehead atoms. The van der Waals surface area contributed by atoms with Crippen molar-refractivity contribution >= 4 is 15.8 Å². The third-order valence-corrected chi connectivity index (χ3v) is 8.53. The zero-order valence-corrected chi connectivity index (χ0v) is 18.3. The molecule has 30 heavy (non-hydrogen) atoms. The van der Waals surface area contributed by atoms with Gasteiger partial charge in [0.1, 0.15) is 0 Å². The predicted octanol–water partition coefficient (Wildman–Crippen LogP) is 4.58. The fraction of sp³-hybridized carbons (Fsp3) is 0.524. The van der Waals surface area contributed by atoms with Gasteiger partial charge in [0, 0.05) is 24.5 Å². The summed E-state index contributed by atoms with van der Waals surface area (Å²) in [6, 6.07) is 5.65. The summed E-state index contributed by atoms with van der Waals surface area (Å²) >= 11 is 0. The third-order valence-electron chi connectivity index (χ3n) is 5.92. The first-order chi connectivity index (χ1) is 13.8. The monoisotopic (exact) mass is 441 g/mol. The minimum Gasteiger partial charge on any atom is -0.341 e. The SMILES string of the molecule is Cc1cc(C)nc(N2CCC(C(C)(C)S(=O)(=O)c3ccc(C(F)(F)F)cc3)CC2)n1. The smallest absolute Gasteiger partial charge is 0.341 e. The number of hydrogen-bond donors (Lipinski definition) is 0. The van der Waals surface area contributed by atoms with Gasteiger partial charge in [-0.05, 0) is 76.8 Å². The largest absolute Gasteiger partial charge is 0.416 e. The van der Waals surface area contributed by atoms with E-state index < -0.39 is 26.3 Å². The Morgan fingerprint density at radius 1 is 0.967 bits per heavy atom. The maximum absolute atomic E-state index is 13.2. The lowest BCUT2D eigenvalue weighted by Crippen LogP contribution is -2.46. The molecule has 1 aliphatic rings. The van der Waals surface area contributed by atoms with Crippen molar-refractivity contribution in [2.75, 3.05) is 18.0 Å². The van der Waals surface area contributed by atoms with Gasteiger partial charge < -0.3 is 4.90 Å². The van der Waals surface area contributed by atoms with Crippen LogP contribution < -0.4 is 4.90 Å². The summed E-state index contributed by atoms with van der Waals surface area (Å²) in [4.78, 5) is 10.9. The minimum atomic E-state index is -4.50. The molecular formula is C21H26F3N3O2S. The van der Waals surface area contributed by atoms with Gasteiger partial charge in [0.2, 0.25) is 5.95 Å². The maximum atomic E-state index is 13.2. The summed E-state index contributed by atoms with van der Waals surface area (Å²) in [6.45, 7) is 8.38. The van der Waals surface area contributed by atoms with E-state index in [0.29, 0.717) is 31.9 Å². The molecule has 1 aromatic carbocycles. The summed E-state index contributed by atoms with van der Waals surface area (Å²) in [5.41, 5.74) is 0.899. The van der Waals surface area contributed by atoms with Gasteiger partial charge in [-0.2, -0.15) is 13.2 Å². The number of benzene rings is 1. The second-order valence-electron chi connectivity index (χ2n) is 8.34. The van der Waals surface area contributed by atoms with E-state index in [2.05, 4.69) is 14.9 Å². The van der Waals surface area contributed by atoms with Crippen LogP contribution in [0.15, 0.2) is 35.2 Å². The molecule has 9 heteroatoms. The lowest BCUT2D eigenvalue weighted by atomic mass is 9.86. The number of nitrogens with zero attached hydrogens (tertiary/aromatic N) is 3. The Bertz CT molecular complexity index is 991. The van der Waals surface area contributed by atoms with Crippen LogP contribution in [0.5, 0.6) is 0 Å². The van der Waals surface area contributed by atoms with Gasteiger partial charge >= 0.3 is 6.18 Å². The van der Waals surface area contributed by atoms with E-state index in [0.717, 1.165) is 35.7 Å². The molecule has 1 aromatic heterocycles. The van der Waals surface area contributed by atoms with Gasteiger partial charge in [-0.1, -0.05) is 0 Å². The molecule has 2 heterocycles. The van der Waals surface area contributed by atoms with Crippen LogP contribution in [0.2, 0.25) is 0 Å². The average Bonchev–Trinajstić information content (AvgIpc) is 2.66. The van der Waals surface area contributed by atoms with E-state index >= 15 is 0 Å². The lowest BCUT2D eigenvalue weighted by molar-refractivity contribution is -0.137. The van der Waals surface area contributed by atoms with Crippen molar-refractivity contribution in [1.82, 2.24) is 9.97 Å². The van der Waals surface area contributed by atoms with Crippen LogP contribution in [0.4, 0.5) is 19.1 Å². The number of hydrogen-bond acceptors (Lipinski definition) is 5. The Labute approximate surface area is 175 Å². The summed E-state index contributed by atoms with van der Waals surface area (Å²) in [5, 5.41) is 0. The van der Waals surface area contributed by atoms with E-state index in [4.69, 9.17) is 0 Å². The minimum absolute atomic E-state index is 0.0828. The Balaban J connectivity index is 1.77. The van der Waals surface area contributed by atoms with E-state index in [1.165, 1.54) is 0 Å². The lowest BCUT2D eigenvalue weighted by Gasteiger charge is -2.40. The Kier molecular flexibility index (Phi) is 5.88. The van der Waals surface area contributed by atoms with Crippen LogP contribution >= 0.6 is 0 Å². The number of anilines is 1. The van der Waals surface area contributed by atoms with E-state index in [1.807, 2.05) is 19.9 Å². The van der Waals surface area contributed by atoms with Gasteiger partial charge in [-0.25, -0.2) is 18.4 Å². The van der Waals surface area contributed by atoms with Crippen molar-refractivity contribution in [3.8, 4) is 0 Å². The molecule has 1 fully saturated rings. The second kappa shape index (κ2) is 7.83. The van der Waals surface area contributed by atoms with Gasteiger partial charge in [0.15, 0.2) is 9.84 Å².